The van der Waals surface area contributed by atoms with E-state index in [1.54, 1.807) is 55.6 Å². The third kappa shape index (κ3) is 6.41. The van der Waals surface area contributed by atoms with E-state index in [0.717, 1.165) is 25.9 Å². The van der Waals surface area contributed by atoms with Crippen molar-refractivity contribution in [3.05, 3.63) is 66.4 Å². The van der Waals surface area contributed by atoms with Gasteiger partial charge in [0.25, 0.3) is 5.91 Å². The number of pyridine rings is 2. The van der Waals surface area contributed by atoms with E-state index in [1.807, 2.05) is 24.3 Å². The number of aromatic nitrogens is 4. The molecule has 0 radical (unpaired) electrons. The molecule has 1 amide bonds. The lowest BCUT2D eigenvalue weighted by molar-refractivity contribution is 0.0929. The summed E-state index contributed by atoms with van der Waals surface area (Å²) < 4.78 is 30.1. The average Bonchev–Trinajstić information content (AvgIpc) is 3.31. The second kappa shape index (κ2) is 10.7. The van der Waals surface area contributed by atoms with Crippen LogP contribution in [0.25, 0.3) is 16.9 Å². The molecule has 1 aliphatic heterocycles. The molecule has 0 atom stereocenters. The molecule has 1 fully saturated rings. The number of carbonyl (C=O) groups excluding carboxylic acids is 1. The van der Waals surface area contributed by atoms with Gasteiger partial charge in [0.2, 0.25) is 16.0 Å². The molecule has 4 heterocycles. The monoisotopic (exact) mass is 548 g/mol. The molecular weight excluding hydrogens is 516 g/mol. The number of rotatable bonds is 7. The fraction of sp³-hybridized carbons (Fsp3) is 0.333. The lowest BCUT2D eigenvalue weighted by Gasteiger charge is -2.23. The smallest absolute Gasteiger partial charge is 0.253 e. The van der Waals surface area contributed by atoms with Crippen LogP contribution in [0.15, 0.2) is 65.7 Å². The highest BCUT2D eigenvalue weighted by Gasteiger charge is 2.23. The van der Waals surface area contributed by atoms with Crippen molar-refractivity contribution in [3.63, 3.8) is 0 Å². The summed E-state index contributed by atoms with van der Waals surface area (Å²) in [5, 5.41) is 14.0. The molecule has 1 aromatic carbocycles. The van der Waals surface area contributed by atoms with Crippen LogP contribution in [0, 0.1) is 0 Å². The number of sulfonamides is 1. The van der Waals surface area contributed by atoms with Crippen molar-refractivity contribution in [3.8, 4) is 11.3 Å². The molecule has 0 bridgehead atoms. The lowest BCUT2D eigenvalue weighted by Crippen LogP contribution is -2.42. The van der Waals surface area contributed by atoms with E-state index in [1.165, 1.54) is 6.20 Å². The van der Waals surface area contributed by atoms with E-state index in [4.69, 9.17) is 0 Å². The molecule has 5 rings (SSSR count). The summed E-state index contributed by atoms with van der Waals surface area (Å²) in [6.07, 6.45) is 3.35. The molecule has 3 aromatic heterocycles. The van der Waals surface area contributed by atoms with Crippen molar-refractivity contribution >= 4 is 33.3 Å². The Labute approximate surface area is 227 Å². The maximum atomic E-state index is 12.9. The molecule has 12 heteroatoms. The summed E-state index contributed by atoms with van der Waals surface area (Å²) in [6.45, 7) is 7.19. The summed E-state index contributed by atoms with van der Waals surface area (Å²) in [5.41, 5.74) is 1.81. The van der Waals surface area contributed by atoms with Gasteiger partial charge in [0.1, 0.15) is 5.82 Å². The Balaban J connectivity index is 1.35. The predicted molar refractivity (Wildman–Crippen MR) is 149 cm³/mol. The Hall–Kier alpha value is -3.87. The summed E-state index contributed by atoms with van der Waals surface area (Å²) in [5.74, 6) is 0.672. The van der Waals surface area contributed by atoms with Crippen LogP contribution in [0.4, 0.5) is 11.8 Å². The number of carbonyl (C=O) groups is 1. The van der Waals surface area contributed by atoms with Crippen molar-refractivity contribution in [2.24, 2.45) is 0 Å². The average molecular weight is 549 g/mol. The zero-order valence-corrected chi connectivity index (χ0v) is 22.9. The summed E-state index contributed by atoms with van der Waals surface area (Å²) in [6, 6.07) is 15.8. The minimum Gasteiger partial charge on any atom is -0.349 e. The van der Waals surface area contributed by atoms with Crippen LogP contribution >= 0.6 is 0 Å². The molecule has 39 heavy (non-hydrogen) atoms. The van der Waals surface area contributed by atoms with Crippen LogP contribution in [-0.2, 0) is 10.0 Å². The maximum Gasteiger partial charge on any atom is 0.253 e. The molecule has 4 N–H and O–H groups in total. The molecule has 1 aliphatic rings. The topological polar surface area (TPSA) is 142 Å². The summed E-state index contributed by atoms with van der Waals surface area (Å²) >= 11 is 0. The summed E-state index contributed by atoms with van der Waals surface area (Å²) in [4.78, 5) is 21.6. The fourth-order valence-corrected chi connectivity index (χ4v) is 5.88. The number of nitrogens with zero attached hydrogens (tertiary/aromatic N) is 4. The SMILES string of the molecule is CC(C)(C)NS(=O)(=O)c1cccc(-c2cccc3nc(Nc4ccc(C(=O)NC5CCNCC5)cn4)nn23)c1. The molecule has 11 nitrogen and oxygen atoms in total. The van der Waals surface area contributed by atoms with Gasteiger partial charge in [0, 0.05) is 23.3 Å². The largest absolute Gasteiger partial charge is 0.349 e. The number of amides is 1. The van der Waals surface area contributed by atoms with Gasteiger partial charge in [-0.15, -0.1) is 5.10 Å². The normalized spacial score (nSPS) is 14.8. The quantitative estimate of drug-likeness (QED) is 0.276. The molecule has 0 aliphatic carbocycles. The first-order valence-electron chi connectivity index (χ1n) is 12.8. The Kier molecular flexibility index (Phi) is 7.34. The second-order valence-electron chi connectivity index (χ2n) is 10.6. The molecule has 4 aromatic rings. The minimum atomic E-state index is -3.70. The first-order valence-corrected chi connectivity index (χ1v) is 14.3. The van der Waals surface area contributed by atoms with Crippen molar-refractivity contribution < 1.29 is 13.2 Å². The van der Waals surface area contributed by atoms with Crippen molar-refractivity contribution in [1.29, 1.82) is 0 Å². The van der Waals surface area contributed by atoms with Gasteiger partial charge in [-0.2, -0.15) is 4.98 Å². The number of benzene rings is 1. The highest BCUT2D eigenvalue weighted by atomic mass is 32.2. The van der Waals surface area contributed by atoms with Crippen LogP contribution in [0.3, 0.4) is 0 Å². The van der Waals surface area contributed by atoms with E-state index >= 15 is 0 Å². The van der Waals surface area contributed by atoms with Gasteiger partial charge >= 0.3 is 0 Å². The first-order chi connectivity index (χ1) is 18.6. The Bertz CT molecular complexity index is 1590. The van der Waals surface area contributed by atoms with Gasteiger partial charge in [-0.25, -0.2) is 22.6 Å². The van der Waals surface area contributed by atoms with Crippen LogP contribution in [0.5, 0.6) is 0 Å². The van der Waals surface area contributed by atoms with E-state index in [0.29, 0.717) is 34.2 Å². The predicted octanol–water partition coefficient (Wildman–Crippen LogP) is 3.09. The van der Waals surface area contributed by atoms with E-state index in [2.05, 4.69) is 35.7 Å². The van der Waals surface area contributed by atoms with Gasteiger partial charge < -0.3 is 16.0 Å². The lowest BCUT2D eigenvalue weighted by atomic mass is 10.1. The summed E-state index contributed by atoms with van der Waals surface area (Å²) in [7, 11) is -3.70. The van der Waals surface area contributed by atoms with Gasteiger partial charge in [-0.05, 0) is 83.1 Å². The van der Waals surface area contributed by atoms with Crippen LogP contribution in [0.1, 0.15) is 44.0 Å². The van der Waals surface area contributed by atoms with Crippen molar-refractivity contribution in [1.82, 2.24) is 34.9 Å². The number of hydrogen-bond donors (Lipinski definition) is 4. The Morgan fingerprint density at radius 3 is 2.54 bits per heavy atom. The molecule has 1 saturated heterocycles. The van der Waals surface area contributed by atoms with E-state index in [9.17, 15) is 13.2 Å². The van der Waals surface area contributed by atoms with E-state index in [-0.39, 0.29) is 16.8 Å². The number of piperidine rings is 1. The second-order valence-corrected chi connectivity index (χ2v) is 12.2. The highest BCUT2D eigenvalue weighted by molar-refractivity contribution is 7.89. The third-order valence-electron chi connectivity index (χ3n) is 6.18. The fourth-order valence-electron chi connectivity index (χ4n) is 4.41. The zero-order chi connectivity index (χ0) is 27.6. The number of fused-ring (bicyclic) bond motifs is 1. The Morgan fingerprint density at radius 1 is 1.05 bits per heavy atom. The third-order valence-corrected chi connectivity index (χ3v) is 7.94. The number of nitrogens with one attached hydrogen (secondary N) is 4. The van der Waals surface area contributed by atoms with Gasteiger partial charge in [-0.1, -0.05) is 18.2 Å². The molecule has 0 spiro atoms. The molecule has 204 valence electrons. The zero-order valence-electron chi connectivity index (χ0n) is 22.1. The highest BCUT2D eigenvalue weighted by Crippen LogP contribution is 2.25. The number of hydrogen-bond acceptors (Lipinski definition) is 8. The molecule has 0 unspecified atom stereocenters. The van der Waals surface area contributed by atoms with E-state index < -0.39 is 15.6 Å². The van der Waals surface area contributed by atoms with Crippen LogP contribution in [-0.4, -0.2) is 58.6 Å². The maximum absolute atomic E-state index is 12.9. The van der Waals surface area contributed by atoms with Crippen LogP contribution < -0.4 is 20.7 Å². The first kappa shape index (κ1) is 26.7. The Morgan fingerprint density at radius 2 is 1.82 bits per heavy atom. The minimum absolute atomic E-state index is 0.140. The van der Waals surface area contributed by atoms with Gasteiger partial charge in [0.15, 0.2) is 5.65 Å². The molecule has 0 saturated carbocycles. The van der Waals surface area contributed by atoms with Crippen molar-refractivity contribution in [2.75, 3.05) is 18.4 Å². The van der Waals surface area contributed by atoms with Gasteiger partial charge in [-0.3, -0.25) is 4.79 Å². The van der Waals surface area contributed by atoms with Gasteiger partial charge in [0.05, 0.1) is 16.2 Å². The van der Waals surface area contributed by atoms with Crippen molar-refractivity contribution in [2.45, 2.75) is 50.1 Å². The molecular formula is C27H32N8O3S. The standard InChI is InChI=1S/C27H32N8O3S/c1-27(2,3)34-39(37,38)21-7-4-6-18(16-21)22-8-5-9-24-32-26(33-35(22)24)31-23-11-10-19(17-29-23)25(36)30-20-12-14-28-15-13-20/h4-11,16-17,20,28,34H,12-15H2,1-3H3,(H,30,36)(H,29,31,33). The van der Waals surface area contributed by atoms with Crippen LogP contribution in [0.2, 0.25) is 0 Å². The number of anilines is 2.